The van der Waals surface area contributed by atoms with Crippen LogP contribution in [-0.4, -0.2) is 38.9 Å². The molecular weight excluding hydrogens is 325 g/mol. The predicted molar refractivity (Wildman–Crippen MR) is 77.9 cm³/mol. The Kier molecular flexibility index (Phi) is 6.10. The highest BCUT2D eigenvalue weighted by molar-refractivity contribution is 8.13. The van der Waals surface area contributed by atoms with E-state index in [0.29, 0.717) is 13.1 Å². The number of ether oxygens (including phenoxy) is 1. The highest BCUT2D eigenvalue weighted by Crippen LogP contribution is 2.28. The van der Waals surface area contributed by atoms with Gasteiger partial charge in [0, 0.05) is 23.8 Å². The molecule has 1 aromatic carbocycles. The molecule has 0 aliphatic rings. The fourth-order valence-corrected chi connectivity index (χ4v) is 2.63. The van der Waals surface area contributed by atoms with Gasteiger partial charge in [0.15, 0.2) is 6.61 Å². The molecule has 112 valence electrons. The molecule has 8 heteroatoms. The molecule has 0 unspecified atom stereocenters. The van der Waals surface area contributed by atoms with Crippen molar-refractivity contribution in [2.24, 2.45) is 0 Å². The van der Waals surface area contributed by atoms with Crippen LogP contribution in [0, 0.1) is 0 Å². The summed E-state index contributed by atoms with van der Waals surface area (Å²) in [6.45, 7) is 4.77. The zero-order valence-electron chi connectivity index (χ0n) is 11.1. The molecule has 0 aromatic heterocycles. The van der Waals surface area contributed by atoms with E-state index in [1.807, 2.05) is 13.8 Å². The Morgan fingerprint density at radius 2 is 1.90 bits per heavy atom. The zero-order chi connectivity index (χ0) is 15.3. The van der Waals surface area contributed by atoms with Crippen molar-refractivity contribution in [1.29, 1.82) is 0 Å². The number of benzene rings is 1. The fourth-order valence-electron chi connectivity index (χ4n) is 1.56. The molecule has 5 nitrogen and oxygen atoms in total. The summed E-state index contributed by atoms with van der Waals surface area (Å²) in [7, 11) is 1.36. The highest BCUT2D eigenvalue weighted by atomic mass is 35.7. The molecule has 20 heavy (non-hydrogen) atoms. The molecule has 0 saturated carbocycles. The normalized spacial score (nSPS) is 11.2. The van der Waals surface area contributed by atoms with Gasteiger partial charge in [-0.1, -0.05) is 11.6 Å². The smallest absolute Gasteiger partial charge is 0.261 e. The molecule has 0 aliphatic heterocycles. The number of carbonyl (C=O) groups excluding carboxylic acids is 1. The van der Waals surface area contributed by atoms with Crippen LogP contribution in [0.4, 0.5) is 0 Å². The molecule has 0 radical (unpaired) electrons. The lowest BCUT2D eigenvalue weighted by Crippen LogP contribution is -2.34. The molecule has 0 saturated heterocycles. The van der Waals surface area contributed by atoms with Crippen LogP contribution in [0.15, 0.2) is 23.1 Å². The van der Waals surface area contributed by atoms with Crippen LogP contribution in [0.25, 0.3) is 0 Å². The van der Waals surface area contributed by atoms with Gasteiger partial charge in [-0.3, -0.25) is 4.79 Å². The van der Waals surface area contributed by atoms with Crippen molar-refractivity contribution < 1.29 is 17.9 Å². The fraction of sp³-hybridized carbons (Fsp3) is 0.417. The Morgan fingerprint density at radius 1 is 1.30 bits per heavy atom. The molecule has 0 N–H and O–H groups in total. The minimum atomic E-state index is -3.84. The SMILES string of the molecule is CCN(CC)C(=O)COc1ccc(S(=O)(=O)Cl)cc1Cl. The lowest BCUT2D eigenvalue weighted by atomic mass is 10.3. The third-order valence-electron chi connectivity index (χ3n) is 2.65. The molecule has 0 bridgehead atoms. The van der Waals surface area contributed by atoms with Crippen LogP contribution in [-0.2, 0) is 13.8 Å². The summed E-state index contributed by atoms with van der Waals surface area (Å²) in [4.78, 5) is 13.3. The second-order valence-electron chi connectivity index (χ2n) is 3.88. The van der Waals surface area contributed by atoms with Crippen molar-refractivity contribution in [3.05, 3.63) is 23.2 Å². The molecule has 0 spiro atoms. The molecule has 1 amide bonds. The van der Waals surface area contributed by atoms with E-state index in [-0.39, 0.29) is 28.2 Å². The van der Waals surface area contributed by atoms with Crippen molar-refractivity contribution >= 4 is 37.2 Å². The van der Waals surface area contributed by atoms with Gasteiger partial charge in [0.1, 0.15) is 5.75 Å². The monoisotopic (exact) mass is 339 g/mol. The topological polar surface area (TPSA) is 63.7 Å². The third-order valence-corrected chi connectivity index (χ3v) is 4.30. The van der Waals surface area contributed by atoms with Gasteiger partial charge in [-0.2, -0.15) is 0 Å². The van der Waals surface area contributed by atoms with Crippen LogP contribution >= 0.6 is 22.3 Å². The summed E-state index contributed by atoms with van der Waals surface area (Å²) in [5.41, 5.74) is 0. The minimum absolute atomic E-state index is 0.0825. The number of nitrogens with zero attached hydrogens (tertiary/aromatic N) is 1. The Bertz CT molecular complexity index is 585. The molecule has 0 aliphatic carbocycles. The second-order valence-corrected chi connectivity index (χ2v) is 6.86. The Balaban J connectivity index is 2.78. The lowest BCUT2D eigenvalue weighted by Gasteiger charge is -2.18. The van der Waals surface area contributed by atoms with Crippen molar-refractivity contribution in [3.8, 4) is 5.75 Å². The first-order chi connectivity index (χ1) is 9.29. The maximum absolute atomic E-state index is 11.8. The number of hydrogen-bond acceptors (Lipinski definition) is 4. The first-order valence-corrected chi connectivity index (χ1v) is 8.63. The standard InChI is InChI=1S/C12H15Cl2NO4S/c1-3-15(4-2)12(16)8-19-11-6-5-9(7-10(11)13)20(14,17)18/h5-7H,3-4,8H2,1-2H3. The molecule has 0 fully saturated rings. The van der Waals surface area contributed by atoms with Gasteiger partial charge >= 0.3 is 0 Å². The minimum Gasteiger partial charge on any atom is -0.482 e. The van der Waals surface area contributed by atoms with Gasteiger partial charge in [-0.05, 0) is 32.0 Å². The molecule has 1 rings (SSSR count). The van der Waals surface area contributed by atoms with Crippen LogP contribution in [0.2, 0.25) is 5.02 Å². The van der Waals surface area contributed by atoms with E-state index in [9.17, 15) is 13.2 Å². The first-order valence-electron chi connectivity index (χ1n) is 5.94. The maximum atomic E-state index is 11.8. The largest absolute Gasteiger partial charge is 0.482 e. The summed E-state index contributed by atoms with van der Waals surface area (Å²) in [6, 6.07) is 3.82. The van der Waals surface area contributed by atoms with Gasteiger partial charge in [0.05, 0.1) is 9.92 Å². The van der Waals surface area contributed by atoms with E-state index in [1.165, 1.54) is 18.2 Å². The molecular formula is C12H15Cl2NO4S. The summed E-state index contributed by atoms with van der Waals surface area (Å²) in [5.74, 6) is 0.0661. The van der Waals surface area contributed by atoms with Crippen LogP contribution < -0.4 is 4.74 Å². The van der Waals surface area contributed by atoms with E-state index < -0.39 is 9.05 Å². The van der Waals surface area contributed by atoms with Crippen LogP contribution in [0.1, 0.15) is 13.8 Å². The van der Waals surface area contributed by atoms with E-state index in [0.717, 1.165) is 0 Å². The predicted octanol–water partition coefficient (Wildman–Crippen LogP) is 2.51. The average molecular weight is 340 g/mol. The van der Waals surface area contributed by atoms with E-state index in [4.69, 9.17) is 27.0 Å². The maximum Gasteiger partial charge on any atom is 0.261 e. The number of amides is 1. The van der Waals surface area contributed by atoms with Crippen molar-refractivity contribution in [3.63, 3.8) is 0 Å². The van der Waals surface area contributed by atoms with Crippen molar-refractivity contribution in [2.45, 2.75) is 18.7 Å². The number of halogens is 2. The second kappa shape index (κ2) is 7.15. The van der Waals surface area contributed by atoms with Crippen molar-refractivity contribution in [1.82, 2.24) is 4.90 Å². The van der Waals surface area contributed by atoms with Gasteiger partial charge < -0.3 is 9.64 Å². The first kappa shape index (κ1) is 17.1. The van der Waals surface area contributed by atoms with E-state index in [2.05, 4.69) is 0 Å². The lowest BCUT2D eigenvalue weighted by molar-refractivity contribution is -0.132. The quantitative estimate of drug-likeness (QED) is 0.747. The number of rotatable bonds is 6. The molecule has 1 aromatic rings. The summed E-state index contributed by atoms with van der Waals surface area (Å²) < 4.78 is 27.6. The van der Waals surface area contributed by atoms with E-state index in [1.54, 1.807) is 4.90 Å². The Hall–Kier alpha value is -0.980. The number of likely N-dealkylation sites (N-methyl/N-ethyl adjacent to an activating group) is 1. The van der Waals surface area contributed by atoms with E-state index >= 15 is 0 Å². The third kappa shape index (κ3) is 4.54. The zero-order valence-corrected chi connectivity index (χ0v) is 13.4. The molecule has 0 heterocycles. The number of hydrogen-bond donors (Lipinski definition) is 0. The van der Waals surface area contributed by atoms with Crippen molar-refractivity contribution in [2.75, 3.05) is 19.7 Å². The van der Waals surface area contributed by atoms with Gasteiger partial charge in [-0.25, -0.2) is 8.42 Å². The summed E-state index contributed by atoms with van der Waals surface area (Å²) in [5, 5.41) is 0.0825. The van der Waals surface area contributed by atoms with Gasteiger partial charge in [-0.15, -0.1) is 0 Å². The summed E-state index contributed by atoms with van der Waals surface area (Å²) in [6.07, 6.45) is 0. The Labute approximate surface area is 127 Å². The van der Waals surface area contributed by atoms with Crippen LogP contribution in [0.5, 0.6) is 5.75 Å². The molecule has 0 atom stereocenters. The average Bonchev–Trinajstić information content (AvgIpc) is 2.37. The van der Waals surface area contributed by atoms with Gasteiger partial charge in [0.2, 0.25) is 0 Å². The highest BCUT2D eigenvalue weighted by Gasteiger charge is 2.15. The number of carbonyl (C=O) groups is 1. The van der Waals surface area contributed by atoms with Crippen LogP contribution in [0.3, 0.4) is 0 Å². The summed E-state index contributed by atoms with van der Waals surface area (Å²) >= 11 is 5.89. The Morgan fingerprint density at radius 3 is 2.35 bits per heavy atom. The van der Waals surface area contributed by atoms with Gasteiger partial charge in [0.25, 0.3) is 15.0 Å².